The van der Waals surface area contributed by atoms with E-state index in [1.807, 2.05) is 0 Å². The van der Waals surface area contributed by atoms with E-state index in [9.17, 15) is 28.1 Å². The van der Waals surface area contributed by atoms with Gasteiger partial charge in [-0.3, -0.25) is 14.9 Å². The molecule has 0 amide bonds. The van der Waals surface area contributed by atoms with Crippen LogP contribution in [0.25, 0.3) is 0 Å². The van der Waals surface area contributed by atoms with Crippen molar-refractivity contribution in [2.24, 2.45) is 0 Å². The Hall–Kier alpha value is -2.12. The molecule has 0 radical (unpaired) electrons. The Morgan fingerprint density at radius 2 is 2.05 bits per heavy atom. The summed E-state index contributed by atoms with van der Waals surface area (Å²) in [5, 5.41) is 10.7. The maximum atomic E-state index is 11.9. The highest BCUT2D eigenvalue weighted by molar-refractivity contribution is 5.76. The quantitative estimate of drug-likeness (QED) is 0.346. The van der Waals surface area contributed by atoms with Crippen molar-refractivity contribution in [2.45, 2.75) is 19.0 Å². The topological polar surface area (TPSA) is 69.4 Å². The normalized spacial score (nSPS) is 11.1. The van der Waals surface area contributed by atoms with Crippen LogP contribution >= 0.6 is 0 Å². The van der Waals surface area contributed by atoms with E-state index < -0.39 is 23.2 Å². The number of ether oxygens (including phenoxy) is 1. The van der Waals surface area contributed by atoms with Gasteiger partial charge >= 0.3 is 11.9 Å². The van der Waals surface area contributed by atoms with Crippen LogP contribution in [-0.4, -0.2) is 24.0 Å². The van der Waals surface area contributed by atoms with E-state index in [1.165, 1.54) is 6.07 Å². The van der Waals surface area contributed by atoms with Crippen molar-refractivity contribution in [3.05, 3.63) is 33.9 Å². The van der Waals surface area contributed by atoms with Crippen molar-refractivity contribution in [3.63, 3.8) is 0 Å². The predicted molar refractivity (Wildman–Crippen MR) is 59.3 cm³/mol. The molecule has 8 heteroatoms. The summed E-state index contributed by atoms with van der Waals surface area (Å²) in [5.74, 6) is -0.211. The zero-order valence-electron chi connectivity index (χ0n) is 9.64. The first kappa shape index (κ1) is 14.9. The molecule has 1 rings (SSSR count). The number of aldehydes is 1. The first-order valence-electron chi connectivity index (χ1n) is 5.26. The molecule has 0 unspecified atom stereocenters. The van der Waals surface area contributed by atoms with Crippen molar-refractivity contribution in [3.8, 4) is 5.75 Å². The molecule has 0 atom stereocenters. The lowest BCUT2D eigenvalue weighted by atomic mass is 10.2. The van der Waals surface area contributed by atoms with Crippen LogP contribution < -0.4 is 4.74 Å². The maximum Gasteiger partial charge on any atom is 0.389 e. The highest BCUT2D eigenvalue weighted by Crippen LogP contribution is 2.28. The van der Waals surface area contributed by atoms with E-state index in [4.69, 9.17) is 4.74 Å². The van der Waals surface area contributed by atoms with Gasteiger partial charge in [-0.1, -0.05) is 0 Å². The molecule has 0 saturated carbocycles. The van der Waals surface area contributed by atoms with Gasteiger partial charge in [-0.05, 0) is 18.6 Å². The predicted octanol–water partition coefficient (Wildman–Crippen LogP) is 3.13. The summed E-state index contributed by atoms with van der Waals surface area (Å²) in [7, 11) is 0. The number of nitrogens with zero attached hydrogens (tertiary/aromatic N) is 1. The third-order valence-electron chi connectivity index (χ3n) is 2.18. The molecule has 0 bridgehead atoms. The third kappa shape index (κ3) is 4.94. The number of halogens is 3. The van der Waals surface area contributed by atoms with Gasteiger partial charge in [0, 0.05) is 18.1 Å². The third-order valence-corrected chi connectivity index (χ3v) is 2.18. The van der Waals surface area contributed by atoms with E-state index in [-0.39, 0.29) is 24.3 Å². The standard InChI is InChI=1S/C11H10F3NO4/c12-11(13,14)4-1-5-19-10-6-8(7-16)2-3-9(10)15(17)18/h2-3,6-7H,1,4-5H2. The molecule has 0 fully saturated rings. The fourth-order valence-corrected chi connectivity index (χ4v) is 1.33. The second-order valence-corrected chi connectivity index (χ2v) is 3.67. The summed E-state index contributed by atoms with van der Waals surface area (Å²) in [4.78, 5) is 20.5. The molecule has 1 aromatic rings. The second-order valence-electron chi connectivity index (χ2n) is 3.67. The van der Waals surface area contributed by atoms with Gasteiger partial charge in [0.05, 0.1) is 11.5 Å². The van der Waals surface area contributed by atoms with E-state index >= 15 is 0 Å². The maximum absolute atomic E-state index is 11.9. The van der Waals surface area contributed by atoms with Crippen LogP contribution in [0.2, 0.25) is 0 Å². The monoisotopic (exact) mass is 277 g/mol. The summed E-state index contributed by atoms with van der Waals surface area (Å²) >= 11 is 0. The Morgan fingerprint density at radius 1 is 1.37 bits per heavy atom. The molecule has 104 valence electrons. The molecule has 19 heavy (non-hydrogen) atoms. The molecular formula is C11H10F3NO4. The van der Waals surface area contributed by atoms with Gasteiger partial charge < -0.3 is 4.74 Å². The zero-order valence-corrected chi connectivity index (χ0v) is 9.64. The fraction of sp³-hybridized carbons (Fsp3) is 0.364. The van der Waals surface area contributed by atoms with Gasteiger partial charge in [0.15, 0.2) is 5.75 Å². The number of nitro benzene ring substituents is 1. The minimum Gasteiger partial charge on any atom is -0.487 e. The van der Waals surface area contributed by atoms with E-state index in [0.29, 0.717) is 6.29 Å². The van der Waals surface area contributed by atoms with Gasteiger partial charge in [-0.2, -0.15) is 13.2 Å². The van der Waals surface area contributed by atoms with Crippen molar-refractivity contribution in [2.75, 3.05) is 6.61 Å². The largest absolute Gasteiger partial charge is 0.487 e. The van der Waals surface area contributed by atoms with Crippen LogP contribution in [0.4, 0.5) is 18.9 Å². The Morgan fingerprint density at radius 3 is 2.58 bits per heavy atom. The molecule has 0 aromatic heterocycles. The number of benzene rings is 1. The van der Waals surface area contributed by atoms with Gasteiger partial charge in [0.25, 0.3) is 0 Å². The average Bonchev–Trinajstić information content (AvgIpc) is 2.33. The van der Waals surface area contributed by atoms with Crippen molar-refractivity contribution < 1.29 is 27.6 Å². The van der Waals surface area contributed by atoms with Crippen LogP contribution in [0.5, 0.6) is 5.75 Å². The number of rotatable bonds is 6. The first-order chi connectivity index (χ1) is 8.83. The first-order valence-corrected chi connectivity index (χ1v) is 5.26. The lowest BCUT2D eigenvalue weighted by Gasteiger charge is -2.08. The number of carbonyl (C=O) groups is 1. The summed E-state index contributed by atoms with van der Waals surface area (Å²) in [6.07, 6.45) is -5.17. The minimum atomic E-state index is -4.29. The highest BCUT2D eigenvalue weighted by Gasteiger charge is 2.26. The van der Waals surface area contributed by atoms with Crippen LogP contribution in [0, 0.1) is 10.1 Å². The molecule has 5 nitrogen and oxygen atoms in total. The van der Waals surface area contributed by atoms with Crippen LogP contribution in [-0.2, 0) is 0 Å². The summed E-state index contributed by atoms with van der Waals surface area (Å²) in [6.45, 7) is -0.317. The van der Waals surface area contributed by atoms with Crippen LogP contribution in [0.3, 0.4) is 0 Å². The van der Waals surface area contributed by atoms with E-state index in [2.05, 4.69) is 0 Å². The van der Waals surface area contributed by atoms with Crippen LogP contribution in [0.15, 0.2) is 18.2 Å². The molecule has 0 saturated heterocycles. The average molecular weight is 277 g/mol. The molecule has 0 heterocycles. The Labute approximate surface area is 106 Å². The molecule has 0 spiro atoms. The van der Waals surface area contributed by atoms with Crippen molar-refractivity contribution in [1.82, 2.24) is 0 Å². The SMILES string of the molecule is O=Cc1ccc([N+](=O)[O-])c(OCCCC(F)(F)F)c1. The molecule has 0 aliphatic carbocycles. The lowest BCUT2D eigenvalue weighted by molar-refractivity contribution is -0.385. The number of alkyl halides is 3. The molecule has 0 aliphatic heterocycles. The van der Waals surface area contributed by atoms with E-state index in [1.54, 1.807) is 0 Å². The van der Waals surface area contributed by atoms with Gasteiger partial charge in [-0.15, -0.1) is 0 Å². The highest BCUT2D eigenvalue weighted by atomic mass is 19.4. The smallest absolute Gasteiger partial charge is 0.389 e. The summed E-state index contributed by atoms with van der Waals surface area (Å²) in [5.41, 5.74) is -0.242. The van der Waals surface area contributed by atoms with Gasteiger partial charge in [-0.25, -0.2) is 0 Å². The number of hydrogen-bond donors (Lipinski definition) is 0. The lowest BCUT2D eigenvalue weighted by Crippen LogP contribution is -2.10. The molecular weight excluding hydrogens is 267 g/mol. The Kier molecular flexibility index (Phi) is 4.85. The molecule has 1 aromatic carbocycles. The minimum absolute atomic E-state index is 0.149. The van der Waals surface area contributed by atoms with E-state index in [0.717, 1.165) is 12.1 Å². The molecule has 0 N–H and O–H groups in total. The fourth-order valence-electron chi connectivity index (χ4n) is 1.33. The number of hydrogen-bond acceptors (Lipinski definition) is 4. The Balaban J connectivity index is 2.70. The van der Waals surface area contributed by atoms with Gasteiger partial charge in [0.2, 0.25) is 0 Å². The van der Waals surface area contributed by atoms with Crippen molar-refractivity contribution >= 4 is 12.0 Å². The van der Waals surface area contributed by atoms with Crippen LogP contribution in [0.1, 0.15) is 23.2 Å². The second kappa shape index (κ2) is 6.17. The number of carbonyl (C=O) groups excluding carboxylic acids is 1. The summed E-state index contributed by atoms with van der Waals surface area (Å²) < 4.78 is 40.6. The number of nitro groups is 1. The Bertz CT molecular complexity index is 473. The van der Waals surface area contributed by atoms with Crippen molar-refractivity contribution in [1.29, 1.82) is 0 Å². The summed E-state index contributed by atoms with van der Waals surface area (Å²) in [6, 6.07) is 3.43. The van der Waals surface area contributed by atoms with Gasteiger partial charge in [0.1, 0.15) is 6.29 Å². The molecule has 0 aliphatic rings. The zero-order chi connectivity index (χ0) is 14.5.